The van der Waals surface area contributed by atoms with Crippen molar-refractivity contribution in [2.24, 2.45) is 0 Å². The van der Waals surface area contributed by atoms with Crippen molar-refractivity contribution in [3.63, 3.8) is 0 Å². The normalized spacial score (nSPS) is 17.2. The van der Waals surface area contributed by atoms with Crippen LogP contribution in [0.1, 0.15) is 13.8 Å². The molecule has 0 aliphatic carbocycles. The zero-order valence-corrected chi connectivity index (χ0v) is 7.07. The van der Waals surface area contributed by atoms with Gasteiger partial charge in [0.15, 0.2) is 0 Å². The molecule has 0 saturated heterocycles. The second kappa shape index (κ2) is 4.04. The predicted molar refractivity (Wildman–Crippen MR) is 38.8 cm³/mol. The summed E-state index contributed by atoms with van der Waals surface area (Å²) in [6.45, 7) is 6.50. The van der Waals surface area contributed by atoms with Gasteiger partial charge in [0.25, 0.3) is 7.52 Å². The molecule has 0 aromatic heterocycles. The molecule has 1 atom stereocenters. The van der Waals surface area contributed by atoms with E-state index in [1.54, 1.807) is 6.66 Å². The lowest BCUT2D eigenvalue weighted by Gasteiger charge is -2.11. The Bertz CT molecular complexity index is 106. The monoisotopic (exact) mass is 151 g/mol. The molecule has 0 amide bonds. The minimum Gasteiger partial charge on any atom is -0.318 e. The van der Waals surface area contributed by atoms with Gasteiger partial charge in [-0.15, -0.1) is 0 Å². The summed E-state index contributed by atoms with van der Waals surface area (Å²) >= 11 is 0. The summed E-state index contributed by atoms with van der Waals surface area (Å²) in [5, 5.41) is 2.76. The fourth-order valence-corrected chi connectivity index (χ4v) is 1.74. The summed E-state index contributed by atoms with van der Waals surface area (Å²) in [6.07, 6.45) is 0. The molecule has 1 unspecified atom stereocenters. The highest BCUT2D eigenvalue weighted by Crippen LogP contribution is 2.36. The highest BCUT2D eigenvalue weighted by Gasteiger charge is 2.10. The van der Waals surface area contributed by atoms with Gasteiger partial charge in [-0.05, 0) is 6.92 Å². The SMILES string of the molecule is CCNP(C)(=O)OCC. The molecule has 0 saturated carbocycles. The van der Waals surface area contributed by atoms with Crippen LogP contribution in [0.2, 0.25) is 0 Å². The van der Waals surface area contributed by atoms with Crippen molar-refractivity contribution >= 4 is 7.52 Å². The van der Waals surface area contributed by atoms with Crippen LogP contribution in [0.25, 0.3) is 0 Å². The molecule has 0 radical (unpaired) electrons. The van der Waals surface area contributed by atoms with Gasteiger partial charge in [0.1, 0.15) is 0 Å². The highest BCUT2D eigenvalue weighted by molar-refractivity contribution is 7.56. The predicted octanol–water partition coefficient (Wildman–Crippen LogP) is 1.46. The van der Waals surface area contributed by atoms with Crippen LogP contribution < -0.4 is 5.09 Å². The maximum absolute atomic E-state index is 11.1. The fraction of sp³-hybridized carbons (Fsp3) is 1.00. The van der Waals surface area contributed by atoms with Crippen molar-refractivity contribution in [2.75, 3.05) is 19.8 Å². The van der Waals surface area contributed by atoms with Crippen LogP contribution in [0.15, 0.2) is 0 Å². The van der Waals surface area contributed by atoms with Gasteiger partial charge >= 0.3 is 0 Å². The van der Waals surface area contributed by atoms with E-state index in [2.05, 4.69) is 5.09 Å². The molecule has 0 spiro atoms. The fourth-order valence-electron chi connectivity index (χ4n) is 0.579. The van der Waals surface area contributed by atoms with Crippen LogP contribution >= 0.6 is 7.52 Å². The van der Waals surface area contributed by atoms with E-state index in [0.717, 1.165) is 0 Å². The molecule has 0 fully saturated rings. The first-order valence-electron chi connectivity index (χ1n) is 3.09. The topological polar surface area (TPSA) is 38.3 Å². The Morgan fingerprint density at radius 2 is 2.11 bits per heavy atom. The first kappa shape index (κ1) is 9.15. The van der Waals surface area contributed by atoms with Gasteiger partial charge in [0.05, 0.1) is 6.61 Å². The number of rotatable bonds is 4. The minimum atomic E-state index is -2.44. The van der Waals surface area contributed by atoms with Gasteiger partial charge in [0.2, 0.25) is 0 Å². The number of hydrogen-bond acceptors (Lipinski definition) is 2. The van der Waals surface area contributed by atoms with Gasteiger partial charge < -0.3 is 4.52 Å². The van der Waals surface area contributed by atoms with E-state index >= 15 is 0 Å². The molecule has 0 aromatic rings. The van der Waals surface area contributed by atoms with Gasteiger partial charge in [-0.1, -0.05) is 6.92 Å². The van der Waals surface area contributed by atoms with E-state index < -0.39 is 7.52 Å². The maximum Gasteiger partial charge on any atom is 0.266 e. The average molecular weight is 151 g/mol. The molecule has 56 valence electrons. The molecule has 9 heavy (non-hydrogen) atoms. The average Bonchev–Trinajstić information content (AvgIpc) is 1.64. The van der Waals surface area contributed by atoms with E-state index in [-0.39, 0.29) is 0 Å². The van der Waals surface area contributed by atoms with Crippen molar-refractivity contribution in [3.05, 3.63) is 0 Å². The lowest BCUT2D eigenvalue weighted by molar-refractivity contribution is 0.329. The Morgan fingerprint density at radius 3 is 2.44 bits per heavy atom. The molecule has 0 aliphatic heterocycles. The molecule has 0 bridgehead atoms. The summed E-state index contributed by atoms with van der Waals surface area (Å²) in [7, 11) is -2.44. The zero-order valence-electron chi connectivity index (χ0n) is 6.18. The molecule has 1 N–H and O–H groups in total. The highest BCUT2D eigenvalue weighted by atomic mass is 31.2. The van der Waals surface area contributed by atoms with E-state index in [0.29, 0.717) is 13.2 Å². The summed E-state index contributed by atoms with van der Waals surface area (Å²) < 4.78 is 16.0. The van der Waals surface area contributed by atoms with Crippen molar-refractivity contribution in [1.29, 1.82) is 0 Å². The van der Waals surface area contributed by atoms with E-state index in [4.69, 9.17) is 4.52 Å². The van der Waals surface area contributed by atoms with Crippen LogP contribution in [0, 0.1) is 0 Å². The van der Waals surface area contributed by atoms with Gasteiger partial charge in [0, 0.05) is 13.2 Å². The lowest BCUT2D eigenvalue weighted by atomic mass is 10.8. The van der Waals surface area contributed by atoms with Crippen LogP contribution in [0.3, 0.4) is 0 Å². The molecule has 0 heterocycles. The second-order valence-electron chi connectivity index (χ2n) is 1.78. The number of hydrogen-bond donors (Lipinski definition) is 1. The van der Waals surface area contributed by atoms with E-state index in [1.165, 1.54) is 0 Å². The standard InChI is InChI=1S/C5H14NO2P/c1-4-6-9(3,7)8-5-2/h4-5H2,1-3H3,(H,6,7). The summed E-state index contributed by atoms with van der Waals surface area (Å²) in [6, 6.07) is 0. The first-order chi connectivity index (χ1) is 4.12. The third-order valence-corrected chi connectivity index (χ3v) is 2.46. The minimum absolute atomic E-state index is 0.501. The lowest BCUT2D eigenvalue weighted by Crippen LogP contribution is -2.10. The Balaban J connectivity index is 3.58. The molecule has 4 heteroatoms. The molecule has 0 rings (SSSR count). The molecule has 3 nitrogen and oxygen atoms in total. The first-order valence-corrected chi connectivity index (χ1v) is 5.16. The third kappa shape index (κ3) is 4.64. The van der Waals surface area contributed by atoms with Crippen LogP contribution in [-0.4, -0.2) is 19.8 Å². The van der Waals surface area contributed by atoms with Crippen molar-refractivity contribution in [2.45, 2.75) is 13.8 Å². The molecular formula is C5H14NO2P. The summed E-state index contributed by atoms with van der Waals surface area (Å²) in [5.74, 6) is 0. The Kier molecular flexibility index (Phi) is 4.11. The molecule has 0 aliphatic rings. The van der Waals surface area contributed by atoms with Gasteiger partial charge in [-0.2, -0.15) is 0 Å². The van der Waals surface area contributed by atoms with E-state index in [1.807, 2.05) is 13.8 Å². The Labute approximate surface area is 56.3 Å². The Hall–Kier alpha value is 0.150. The second-order valence-corrected chi connectivity index (χ2v) is 4.04. The zero-order chi connectivity index (χ0) is 7.33. The van der Waals surface area contributed by atoms with Crippen molar-refractivity contribution in [1.82, 2.24) is 5.09 Å². The summed E-state index contributed by atoms with van der Waals surface area (Å²) in [4.78, 5) is 0. The van der Waals surface area contributed by atoms with Crippen molar-refractivity contribution in [3.8, 4) is 0 Å². The molecule has 0 aromatic carbocycles. The third-order valence-electron chi connectivity index (χ3n) is 0.821. The number of nitrogens with one attached hydrogen (secondary N) is 1. The maximum atomic E-state index is 11.1. The Morgan fingerprint density at radius 1 is 1.56 bits per heavy atom. The quantitative estimate of drug-likeness (QED) is 0.618. The summed E-state index contributed by atoms with van der Waals surface area (Å²) in [5.41, 5.74) is 0. The largest absolute Gasteiger partial charge is 0.318 e. The van der Waals surface area contributed by atoms with Crippen LogP contribution in [0.4, 0.5) is 0 Å². The smallest absolute Gasteiger partial charge is 0.266 e. The van der Waals surface area contributed by atoms with Crippen LogP contribution in [-0.2, 0) is 9.09 Å². The van der Waals surface area contributed by atoms with Gasteiger partial charge in [-0.3, -0.25) is 4.57 Å². The van der Waals surface area contributed by atoms with Gasteiger partial charge in [-0.25, -0.2) is 5.09 Å². The van der Waals surface area contributed by atoms with Crippen LogP contribution in [0.5, 0.6) is 0 Å². The molecular weight excluding hydrogens is 137 g/mol. The van der Waals surface area contributed by atoms with Crippen molar-refractivity contribution < 1.29 is 9.09 Å². The van der Waals surface area contributed by atoms with E-state index in [9.17, 15) is 4.57 Å².